The Morgan fingerprint density at radius 1 is 1.00 bits per heavy atom. The molecule has 172 valence electrons. The summed E-state index contributed by atoms with van der Waals surface area (Å²) in [4.78, 5) is 4.81. The van der Waals surface area contributed by atoms with Crippen molar-refractivity contribution in [1.29, 1.82) is 0 Å². The van der Waals surface area contributed by atoms with Gasteiger partial charge >= 0.3 is 0 Å². The normalized spacial score (nSPS) is 12.4. The van der Waals surface area contributed by atoms with Crippen LogP contribution in [0.4, 0.5) is 0 Å². The molecule has 0 aliphatic heterocycles. The van der Waals surface area contributed by atoms with Crippen LogP contribution in [0.3, 0.4) is 0 Å². The number of aromatic nitrogens is 7. The van der Waals surface area contributed by atoms with Gasteiger partial charge in [0.05, 0.1) is 12.6 Å². The number of H-pyrrole nitrogens is 1. The van der Waals surface area contributed by atoms with Crippen LogP contribution in [0.5, 0.6) is 0 Å². The fourth-order valence-corrected chi connectivity index (χ4v) is 3.90. The molecule has 1 atom stereocenters. The van der Waals surface area contributed by atoms with E-state index in [1.807, 2.05) is 22.9 Å². The molecule has 8 nitrogen and oxygen atoms in total. The molecule has 0 amide bonds. The van der Waals surface area contributed by atoms with E-state index in [4.69, 9.17) is 15.8 Å². The van der Waals surface area contributed by atoms with Crippen LogP contribution in [0.2, 0.25) is 0 Å². The molecule has 0 fully saturated rings. The largest absolute Gasteiger partial charge is 0.321 e. The van der Waals surface area contributed by atoms with Gasteiger partial charge in [0.25, 0.3) is 0 Å². The minimum absolute atomic E-state index is 0.112. The Kier molecular flexibility index (Phi) is 7.24. The molecule has 1 unspecified atom stereocenters. The first kappa shape index (κ1) is 22.8. The fourth-order valence-electron chi connectivity index (χ4n) is 3.90. The molecule has 0 bridgehead atoms. The third-order valence-corrected chi connectivity index (χ3v) is 5.77. The number of hydrogen-bond donors (Lipinski definition) is 2. The molecule has 0 spiro atoms. The van der Waals surface area contributed by atoms with E-state index in [0.717, 1.165) is 54.0 Å². The molecule has 0 aliphatic carbocycles. The molecule has 0 saturated carbocycles. The topological polar surface area (TPSA) is 111 Å². The molecular formula is C25H32N8. The number of rotatable bonds is 10. The van der Waals surface area contributed by atoms with Gasteiger partial charge in [0.2, 0.25) is 0 Å². The van der Waals surface area contributed by atoms with Crippen LogP contribution in [0, 0.1) is 5.92 Å². The van der Waals surface area contributed by atoms with Crippen molar-refractivity contribution < 1.29 is 0 Å². The third-order valence-electron chi connectivity index (χ3n) is 5.77. The molecule has 8 heteroatoms. The number of benzene rings is 2. The molecule has 0 saturated heterocycles. The number of aromatic amines is 1. The van der Waals surface area contributed by atoms with Crippen molar-refractivity contribution in [3.63, 3.8) is 0 Å². The Morgan fingerprint density at radius 3 is 2.42 bits per heavy atom. The lowest BCUT2D eigenvalue weighted by atomic mass is 9.98. The maximum absolute atomic E-state index is 6.32. The van der Waals surface area contributed by atoms with Gasteiger partial charge in [0, 0.05) is 12.0 Å². The molecule has 2 heterocycles. The Bertz CT molecular complexity index is 1150. The predicted molar refractivity (Wildman–Crippen MR) is 129 cm³/mol. The second kappa shape index (κ2) is 10.5. The zero-order valence-electron chi connectivity index (χ0n) is 19.6. The van der Waals surface area contributed by atoms with Crippen molar-refractivity contribution in [3.8, 4) is 22.5 Å². The lowest BCUT2D eigenvalue weighted by molar-refractivity contribution is 0.544. The van der Waals surface area contributed by atoms with Crippen molar-refractivity contribution >= 4 is 0 Å². The van der Waals surface area contributed by atoms with Crippen molar-refractivity contribution in [3.05, 3.63) is 65.7 Å². The number of hydrogen-bond acceptors (Lipinski definition) is 6. The summed E-state index contributed by atoms with van der Waals surface area (Å²) in [5.74, 6) is 3.03. The second-order valence-electron chi connectivity index (χ2n) is 8.86. The van der Waals surface area contributed by atoms with E-state index >= 15 is 0 Å². The molecule has 4 aromatic rings. The minimum Gasteiger partial charge on any atom is -0.321 e. The Labute approximate surface area is 194 Å². The van der Waals surface area contributed by atoms with Crippen LogP contribution in [0.25, 0.3) is 22.5 Å². The minimum atomic E-state index is -0.112. The quantitative estimate of drug-likeness (QED) is 0.371. The second-order valence-corrected chi connectivity index (χ2v) is 8.86. The van der Waals surface area contributed by atoms with E-state index in [1.54, 1.807) is 0 Å². The predicted octanol–water partition coefficient (Wildman–Crippen LogP) is 4.56. The van der Waals surface area contributed by atoms with Gasteiger partial charge < -0.3 is 5.73 Å². The Hall–Kier alpha value is -3.39. The van der Waals surface area contributed by atoms with Gasteiger partial charge in [-0.3, -0.25) is 0 Å². The van der Waals surface area contributed by atoms with E-state index in [2.05, 4.69) is 71.7 Å². The summed E-state index contributed by atoms with van der Waals surface area (Å²) in [6.45, 7) is 7.27. The molecule has 33 heavy (non-hydrogen) atoms. The van der Waals surface area contributed by atoms with Crippen LogP contribution in [0.15, 0.2) is 48.5 Å². The van der Waals surface area contributed by atoms with Crippen LogP contribution in [-0.4, -0.2) is 35.4 Å². The van der Waals surface area contributed by atoms with E-state index in [1.165, 1.54) is 5.56 Å². The third kappa shape index (κ3) is 5.51. The van der Waals surface area contributed by atoms with Gasteiger partial charge in [-0.25, -0.2) is 14.8 Å². The summed E-state index contributed by atoms with van der Waals surface area (Å²) in [7, 11) is 0. The number of aryl methyl sites for hydroxylation is 1. The van der Waals surface area contributed by atoms with Crippen molar-refractivity contribution in [1.82, 2.24) is 35.4 Å². The van der Waals surface area contributed by atoms with E-state index in [-0.39, 0.29) is 6.04 Å². The average Bonchev–Trinajstić information content (AvgIpc) is 3.49. The summed E-state index contributed by atoms with van der Waals surface area (Å²) in [6, 6.07) is 16.5. The van der Waals surface area contributed by atoms with E-state index in [0.29, 0.717) is 18.3 Å². The van der Waals surface area contributed by atoms with Gasteiger partial charge in [-0.1, -0.05) is 75.7 Å². The Morgan fingerprint density at radius 2 is 1.76 bits per heavy atom. The highest BCUT2D eigenvalue weighted by Gasteiger charge is 2.16. The van der Waals surface area contributed by atoms with Crippen molar-refractivity contribution in [2.75, 3.05) is 0 Å². The first-order valence-corrected chi connectivity index (χ1v) is 11.7. The number of nitrogens with one attached hydrogen (secondary N) is 1. The summed E-state index contributed by atoms with van der Waals surface area (Å²) in [5.41, 5.74) is 10.6. The molecule has 3 N–H and O–H groups in total. The SMILES string of the molecule is CCCC(N)c1nc(CCC(C)C)n(Cc2ccc(-c3ccccc3-c3nnn[nH]3)cc2)n1. The highest BCUT2D eigenvalue weighted by Crippen LogP contribution is 2.30. The molecular weight excluding hydrogens is 412 g/mol. The van der Waals surface area contributed by atoms with Crippen molar-refractivity contribution in [2.45, 2.75) is 59.0 Å². The molecule has 0 radical (unpaired) electrons. The summed E-state index contributed by atoms with van der Waals surface area (Å²) < 4.78 is 2.02. The lowest BCUT2D eigenvalue weighted by Gasteiger charge is -2.10. The maximum atomic E-state index is 6.32. The highest BCUT2D eigenvalue weighted by molar-refractivity contribution is 5.80. The van der Waals surface area contributed by atoms with Gasteiger partial charge in [-0.2, -0.15) is 5.10 Å². The zero-order chi connectivity index (χ0) is 23.2. The number of nitrogens with two attached hydrogens (primary N) is 1. The van der Waals surface area contributed by atoms with Crippen LogP contribution in [0.1, 0.15) is 63.3 Å². The van der Waals surface area contributed by atoms with Crippen molar-refractivity contribution in [2.24, 2.45) is 11.7 Å². The fraction of sp³-hybridized carbons (Fsp3) is 0.400. The highest BCUT2D eigenvalue weighted by atomic mass is 15.5. The summed E-state index contributed by atoms with van der Waals surface area (Å²) in [6.07, 6.45) is 3.89. The maximum Gasteiger partial charge on any atom is 0.180 e. The Balaban J connectivity index is 1.57. The first-order chi connectivity index (χ1) is 16.0. The number of nitrogens with zero attached hydrogens (tertiary/aromatic N) is 6. The molecule has 2 aromatic heterocycles. The standard InChI is InChI=1S/C25H32N8/c1-4-7-22(26)25-27-23(15-10-17(2)3)33(30-25)16-18-11-13-19(14-12-18)20-8-5-6-9-21(20)24-28-31-32-29-24/h5-6,8-9,11-14,17,22H,4,7,10,15-16,26H2,1-3H3,(H,28,29,31,32). The van der Waals surface area contributed by atoms with E-state index < -0.39 is 0 Å². The van der Waals surface area contributed by atoms with Crippen LogP contribution >= 0.6 is 0 Å². The summed E-state index contributed by atoms with van der Waals surface area (Å²) >= 11 is 0. The van der Waals surface area contributed by atoms with E-state index in [9.17, 15) is 0 Å². The monoisotopic (exact) mass is 444 g/mol. The smallest absolute Gasteiger partial charge is 0.180 e. The average molecular weight is 445 g/mol. The van der Waals surface area contributed by atoms with Gasteiger partial charge in [-0.15, -0.1) is 5.10 Å². The summed E-state index contributed by atoms with van der Waals surface area (Å²) in [5, 5.41) is 19.1. The molecule has 4 rings (SSSR count). The lowest BCUT2D eigenvalue weighted by Crippen LogP contribution is -2.12. The number of tetrazole rings is 1. The van der Waals surface area contributed by atoms with Crippen LogP contribution in [-0.2, 0) is 13.0 Å². The van der Waals surface area contributed by atoms with Gasteiger partial charge in [-0.05, 0) is 45.9 Å². The van der Waals surface area contributed by atoms with Gasteiger partial charge in [0.15, 0.2) is 11.6 Å². The molecule has 0 aliphatic rings. The molecule has 2 aromatic carbocycles. The first-order valence-electron chi connectivity index (χ1n) is 11.7. The zero-order valence-corrected chi connectivity index (χ0v) is 19.6. The van der Waals surface area contributed by atoms with Crippen LogP contribution < -0.4 is 5.73 Å². The van der Waals surface area contributed by atoms with Gasteiger partial charge in [0.1, 0.15) is 5.82 Å².